The monoisotopic (exact) mass is 432 g/mol. The second-order valence-electron chi connectivity index (χ2n) is 8.43. The maximum absolute atomic E-state index is 14.6. The number of hydrogen-bond acceptors (Lipinski definition) is 5. The summed E-state index contributed by atoms with van der Waals surface area (Å²) in [5, 5.41) is 19.5. The molecule has 2 unspecified atom stereocenters. The maximum atomic E-state index is 14.6. The smallest absolute Gasteiger partial charge is 0.233 e. The third-order valence-corrected chi connectivity index (χ3v) is 7.29. The first-order valence-electron chi connectivity index (χ1n) is 10.3. The van der Waals surface area contributed by atoms with Crippen LogP contribution in [0.15, 0.2) is 33.5 Å². The van der Waals surface area contributed by atoms with E-state index in [1.807, 2.05) is 19.0 Å². The number of aliphatic hydroxyl groups is 1. The second-order valence-corrected chi connectivity index (χ2v) is 10.2. The topological polar surface area (TPSA) is 91.0 Å². The van der Waals surface area contributed by atoms with E-state index < -0.39 is 22.1 Å². The summed E-state index contributed by atoms with van der Waals surface area (Å²) in [5.41, 5.74) is 6.65. The van der Waals surface area contributed by atoms with Crippen LogP contribution in [0, 0.1) is 5.82 Å². The average molecular weight is 433 g/mol. The summed E-state index contributed by atoms with van der Waals surface area (Å²) >= 11 is 0. The number of benzene rings is 2. The van der Waals surface area contributed by atoms with Crippen LogP contribution < -0.4 is 10.5 Å². The molecule has 0 saturated heterocycles. The van der Waals surface area contributed by atoms with Crippen molar-refractivity contribution in [2.75, 3.05) is 19.4 Å². The predicted octanol–water partition coefficient (Wildman–Crippen LogP) is 2.95. The highest BCUT2D eigenvalue weighted by atomic mass is 32.2. The Bertz CT molecular complexity index is 1060. The van der Waals surface area contributed by atoms with Gasteiger partial charge in [0.15, 0.2) is 0 Å². The highest BCUT2D eigenvalue weighted by molar-refractivity contribution is 7.91. The van der Waals surface area contributed by atoms with Crippen molar-refractivity contribution in [2.24, 2.45) is 9.50 Å². The summed E-state index contributed by atoms with van der Waals surface area (Å²) in [4.78, 5) is 1.71. The average Bonchev–Trinajstić information content (AvgIpc) is 3.29. The quantitative estimate of drug-likeness (QED) is 0.612. The van der Waals surface area contributed by atoms with E-state index in [9.17, 15) is 13.7 Å². The molecule has 0 heterocycles. The molecule has 0 fully saturated rings. The molecule has 162 valence electrons. The first-order valence-corrected chi connectivity index (χ1v) is 11.9. The number of aryl methyl sites for hydroxylation is 2. The Morgan fingerprint density at radius 3 is 2.37 bits per heavy atom. The van der Waals surface area contributed by atoms with Crippen LogP contribution in [-0.4, -0.2) is 34.7 Å². The lowest BCUT2D eigenvalue weighted by molar-refractivity contribution is 0.215. The van der Waals surface area contributed by atoms with Gasteiger partial charge in [-0.1, -0.05) is 12.1 Å². The van der Waals surface area contributed by atoms with E-state index in [0.29, 0.717) is 6.54 Å². The fraction of sp³-hybridized carbons (Fsp3) is 0.455. The molecule has 30 heavy (non-hydrogen) atoms. The Morgan fingerprint density at radius 1 is 1.17 bits per heavy atom. The van der Waals surface area contributed by atoms with Gasteiger partial charge in [0.25, 0.3) is 0 Å². The van der Waals surface area contributed by atoms with E-state index in [2.05, 4.69) is 15.7 Å². The standard InChI is InChI=1S/C22H29FN4O2S/c1-27(2)13-14-9-10-20(19(23)11-14)30(24,29)26-22(28)25-21-17-7-3-5-15(17)12-16-6-4-8-18(16)21/h9-12,22,25,28H,3-8,13H2,1-2H3,(H2,24,26,29). The highest BCUT2D eigenvalue weighted by Gasteiger charge is 2.25. The molecule has 0 saturated carbocycles. The molecule has 2 aliphatic carbocycles. The minimum absolute atomic E-state index is 0.200. The zero-order valence-electron chi connectivity index (χ0n) is 17.4. The van der Waals surface area contributed by atoms with Crippen LogP contribution >= 0.6 is 0 Å². The van der Waals surface area contributed by atoms with Gasteiger partial charge in [0.2, 0.25) is 6.35 Å². The number of anilines is 1. The molecule has 2 aromatic carbocycles. The second kappa shape index (κ2) is 8.26. The van der Waals surface area contributed by atoms with Crippen molar-refractivity contribution in [3.05, 3.63) is 57.9 Å². The van der Waals surface area contributed by atoms with Crippen LogP contribution in [0.5, 0.6) is 0 Å². The highest BCUT2D eigenvalue weighted by Crippen LogP contribution is 2.38. The number of halogens is 1. The minimum atomic E-state index is -3.61. The van der Waals surface area contributed by atoms with Gasteiger partial charge in [0.1, 0.15) is 15.7 Å². The van der Waals surface area contributed by atoms with Crippen LogP contribution in [0.25, 0.3) is 0 Å². The lowest BCUT2D eigenvalue weighted by Crippen LogP contribution is -2.24. The van der Waals surface area contributed by atoms with Gasteiger partial charge in [-0.25, -0.2) is 13.7 Å². The first-order chi connectivity index (χ1) is 14.2. The normalized spacial score (nSPS) is 18.1. The summed E-state index contributed by atoms with van der Waals surface area (Å²) < 4.78 is 31.4. The molecule has 0 amide bonds. The molecule has 4 rings (SSSR count). The fourth-order valence-electron chi connectivity index (χ4n) is 4.60. The van der Waals surface area contributed by atoms with Crippen molar-refractivity contribution in [1.82, 2.24) is 4.90 Å². The molecular formula is C22H29FN4O2S. The zero-order valence-corrected chi connectivity index (χ0v) is 18.3. The fourth-order valence-corrected chi connectivity index (χ4v) is 5.66. The minimum Gasteiger partial charge on any atom is -0.355 e. The van der Waals surface area contributed by atoms with Gasteiger partial charge in [-0.3, -0.25) is 0 Å². The summed E-state index contributed by atoms with van der Waals surface area (Å²) in [7, 11) is 0.153. The van der Waals surface area contributed by atoms with E-state index in [1.54, 1.807) is 6.07 Å². The molecule has 2 aromatic rings. The van der Waals surface area contributed by atoms with Gasteiger partial charge in [-0.05, 0) is 92.6 Å². The molecule has 4 N–H and O–H groups in total. The molecule has 0 bridgehead atoms. The SMILES string of the molecule is CN(C)Cc1ccc(S(N)(=O)=NC(O)Nc2c3c(cc4c2CCC4)CCC3)c(F)c1. The number of nitrogens with one attached hydrogen (secondary N) is 1. The van der Waals surface area contributed by atoms with E-state index in [0.717, 1.165) is 49.8 Å². The third kappa shape index (κ3) is 4.23. The number of nitrogens with zero attached hydrogens (tertiary/aromatic N) is 2. The van der Waals surface area contributed by atoms with Crippen LogP contribution in [0.1, 0.15) is 40.7 Å². The number of nitrogens with two attached hydrogens (primary N) is 1. The molecule has 8 heteroatoms. The van der Waals surface area contributed by atoms with Crippen molar-refractivity contribution in [1.29, 1.82) is 0 Å². The molecule has 0 aromatic heterocycles. The molecular weight excluding hydrogens is 403 g/mol. The van der Waals surface area contributed by atoms with Crippen LogP contribution in [-0.2, 0) is 42.1 Å². The van der Waals surface area contributed by atoms with E-state index >= 15 is 0 Å². The van der Waals surface area contributed by atoms with E-state index in [-0.39, 0.29) is 4.90 Å². The lowest BCUT2D eigenvalue weighted by Gasteiger charge is -2.19. The maximum Gasteiger partial charge on any atom is 0.233 e. The Labute approximate surface area is 177 Å². The molecule has 0 aliphatic heterocycles. The van der Waals surface area contributed by atoms with Crippen LogP contribution in [0.3, 0.4) is 0 Å². The Morgan fingerprint density at radius 2 is 1.80 bits per heavy atom. The van der Waals surface area contributed by atoms with Crippen LogP contribution in [0.2, 0.25) is 0 Å². The van der Waals surface area contributed by atoms with Crippen molar-refractivity contribution in [3.8, 4) is 0 Å². The Balaban J connectivity index is 1.62. The van der Waals surface area contributed by atoms with Crippen molar-refractivity contribution in [3.63, 3.8) is 0 Å². The summed E-state index contributed by atoms with van der Waals surface area (Å²) in [6, 6.07) is 6.67. The van der Waals surface area contributed by atoms with Gasteiger partial charge in [0.05, 0.1) is 4.90 Å². The molecule has 2 atom stereocenters. The van der Waals surface area contributed by atoms with E-state index in [1.165, 1.54) is 34.4 Å². The van der Waals surface area contributed by atoms with Gasteiger partial charge in [-0.2, -0.15) is 4.36 Å². The summed E-state index contributed by atoms with van der Waals surface area (Å²) in [6.45, 7) is 0.550. The third-order valence-electron chi connectivity index (χ3n) is 5.81. The summed E-state index contributed by atoms with van der Waals surface area (Å²) in [5.74, 6) is -0.681. The van der Waals surface area contributed by atoms with Crippen molar-refractivity contribution in [2.45, 2.75) is 56.3 Å². The van der Waals surface area contributed by atoms with Gasteiger partial charge in [0, 0.05) is 12.2 Å². The van der Waals surface area contributed by atoms with Gasteiger partial charge >= 0.3 is 0 Å². The van der Waals surface area contributed by atoms with Crippen molar-refractivity contribution >= 4 is 15.6 Å². The number of fused-ring (bicyclic) bond motifs is 2. The molecule has 0 spiro atoms. The van der Waals surface area contributed by atoms with Gasteiger partial charge < -0.3 is 15.3 Å². The van der Waals surface area contributed by atoms with Crippen molar-refractivity contribution < 1.29 is 13.7 Å². The Kier molecular flexibility index (Phi) is 5.85. The zero-order chi connectivity index (χ0) is 21.5. The summed E-state index contributed by atoms with van der Waals surface area (Å²) in [6.07, 6.45) is 4.62. The largest absolute Gasteiger partial charge is 0.355 e. The molecule has 2 aliphatic rings. The number of aliphatic hydroxyl groups excluding tert-OH is 1. The van der Waals surface area contributed by atoms with Crippen LogP contribution in [0.4, 0.5) is 10.1 Å². The Hall–Kier alpha value is -2.00. The lowest BCUT2D eigenvalue weighted by atomic mass is 9.99. The van der Waals surface area contributed by atoms with E-state index in [4.69, 9.17) is 5.14 Å². The number of rotatable bonds is 6. The molecule has 0 radical (unpaired) electrons. The first kappa shape index (κ1) is 21.2. The number of hydrogen-bond donors (Lipinski definition) is 3. The molecule has 6 nitrogen and oxygen atoms in total. The predicted molar refractivity (Wildman–Crippen MR) is 117 cm³/mol. The van der Waals surface area contributed by atoms with Gasteiger partial charge in [-0.15, -0.1) is 0 Å².